The largest absolute Gasteiger partial charge is 0.480 e. The molecule has 1 heterocycles. The molecule has 1 aromatic rings. The predicted molar refractivity (Wildman–Crippen MR) is 77.0 cm³/mol. The molecule has 120 valence electrons. The fourth-order valence-corrected chi connectivity index (χ4v) is 3.94. The third kappa shape index (κ3) is 3.20. The van der Waals surface area contributed by atoms with E-state index in [4.69, 9.17) is 5.11 Å². The summed E-state index contributed by atoms with van der Waals surface area (Å²) in [6, 6.07) is 4.43. The molecule has 0 radical (unpaired) electrons. The molecule has 0 aliphatic carbocycles. The highest BCUT2D eigenvalue weighted by atomic mass is 32.2. The molecule has 1 atom stereocenters. The van der Waals surface area contributed by atoms with Crippen molar-refractivity contribution in [3.05, 3.63) is 24.3 Å². The summed E-state index contributed by atoms with van der Waals surface area (Å²) in [7, 11) is -2.66. The molecule has 1 fully saturated rings. The van der Waals surface area contributed by atoms with Crippen LogP contribution in [0.1, 0.15) is 12.8 Å². The number of benzene rings is 1. The van der Waals surface area contributed by atoms with Gasteiger partial charge in [-0.2, -0.15) is 4.31 Å². The molecule has 22 heavy (non-hydrogen) atoms. The van der Waals surface area contributed by atoms with Crippen LogP contribution < -0.4 is 5.32 Å². The Morgan fingerprint density at radius 2 is 1.95 bits per heavy atom. The Balaban J connectivity index is 2.23. The Labute approximate surface area is 127 Å². The summed E-state index contributed by atoms with van der Waals surface area (Å²) in [5.74, 6) is -1.15. The minimum Gasteiger partial charge on any atom is -0.480 e. The zero-order valence-electron chi connectivity index (χ0n) is 11.9. The monoisotopic (exact) mass is 328 g/mol. The zero-order chi connectivity index (χ0) is 16.3. The molecule has 9 heteroatoms. The minimum atomic E-state index is -3.88. The summed E-state index contributed by atoms with van der Waals surface area (Å²) in [6.07, 6.45) is 0.149. The van der Waals surface area contributed by atoms with Gasteiger partial charge in [0.1, 0.15) is 6.04 Å². The average molecular weight is 328 g/mol. The van der Waals surface area contributed by atoms with Crippen molar-refractivity contribution in [2.45, 2.75) is 23.8 Å². The molecular formula is C13H16N2O6S. The van der Waals surface area contributed by atoms with Crippen molar-refractivity contribution in [1.82, 2.24) is 4.31 Å². The number of hydrogen-bond acceptors (Lipinski definition) is 5. The van der Waals surface area contributed by atoms with Crippen LogP contribution in [0.4, 0.5) is 10.5 Å². The summed E-state index contributed by atoms with van der Waals surface area (Å²) < 4.78 is 30.4. The van der Waals surface area contributed by atoms with E-state index in [0.29, 0.717) is 18.5 Å². The quantitative estimate of drug-likeness (QED) is 0.856. The van der Waals surface area contributed by atoms with Gasteiger partial charge in [-0.1, -0.05) is 0 Å². The van der Waals surface area contributed by atoms with Crippen LogP contribution in [-0.2, 0) is 19.6 Å². The first kappa shape index (κ1) is 16.2. The van der Waals surface area contributed by atoms with Crippen molar-refractivity contribution in [3.8, 4) is 0 Å². The fraction of sp³-hybridized carbons (Fsp3) is 0.385. The van der Waals surface area contributed by atoms with Crippen LogP contribution in [0.3, 0.4) is 0 Å². The lowest BCUT2D eigenvalue weighted by atomic mass is 10.2. The highest BCUT2D eigenvalue weighted by Gasteiger charge is 2.39. The molecule has 2 rings (SSSR count). The van der Waals surface area contributed by atoms with Gasteiger partial charge in [0.15, 0.2) is 0 Å². The van der Waals surface area contributed by atoms with Gasteiger partial charge in [-0.15, -0.1) is 0 Å². The van der Waals surface area contributed by atoms with Gasteiger partial charge in [0.05, 0.1) is 12.0 Å². The average Bonchev–Trinajstić information content (AvgIpc) is 2.98. The topological polar surface area (TPSA) is 113 Å². The molecule has 0 bridgehead atoms. The van der Waals surface area contributed by atoms with Crippen LogP contribution in [-0.4, -0.2) is 49.6 Å². The van der Waals surface area contributed by atoms with E-state index in [9.17, 15) is 18.0 Å². The first-order chi connectivity index (χ1) is 10.4. The minimum absolute atomic E-state index is 0.0175. The van der Waals surface area contributed by atoms with Crippen LogP contribution in [0.2, 0.25) is 0 Å². The summed E-state index contributed by atoms with van der Waals surface area (Å²) in [5.41, 5.74) is 0.377. The number of ether oxygens (including phenoxy) is 1. The zero-order valence-corrected chi connectivity index (χ0v) is 12.7. The molecule has 8 nitrogen and oxygen atoms in total. The third-order valence-electron chi connectivity index (χ3n) is 3.38. The molecule has 0 unspecified atom stereocenters. The van der Waals surface area contributed by atoms with Crippen LogP contribution in [0.15, 0.2) is 29.2 Å². The Hall–Kier alpha value is -2.13. The number of carbonyl (C=O) groups is 2. The lowest BCUT2D eigenvalue weighted by molar-refractivity contribution is -0.140. The summed E-state index contributed by atoms with van der Waals surface area (Å²) >= 11 is 0. The molecule has 1 aliphatic rings. The number of carbonyl (C=O) groups excluding carboxylic acids is 1. The van der Waals surface area contributed by atoms with E-state index in [0.717, 1.165) is 4.31 Å². The van der Waals surface area contributed by atoms with Gasteiger partial charge in [0.25, 0.3) is 0 Å². The maximum atomic E-state index is 12.5. The van der Waals surface area contributed by atoms with E-state index in [1.165, 1.54) is 31.4 Å². The number of carboxylic acid groups (broad SMARTS) is 1. The van der Waals surface area contributed by atoms with Crippen LogP contribution in [0, 0.1) is 0 Å². The molecule has 2 N–H and O–H groups in total. The second kappa shape index (κ2) is 6.32. The lowest BCUT2D eigenvalue weighted by Gasteiger charge is -2.21. The second-order valence-electron chi connectivity index (χ2n) is 4.75. The van der Waals surface area contributed by atoms with E-state index in [1.807, 2.05) is 0 Å². The van der Waals surface area contributed by atoms with Crippen molar-refractivity contribution >= 4 is 27.8 Å². The number of carboxylic acids is 1. The van der Waals surface area contributed by atoms with Crippen molar-refractivity contribution in [2.24, 2.45) is 0 Å². The van der Waals surface area contributed by atoms with Gasteiger partial charge in [-0.25, -0.2) is 13.2 Å². The Morgan fingerprint density at radius 3 is 2.50 bits per heavy atom. The van der Waals surface area contributed by atoms with E-state index in [-0.39, 0.29) is 11.4 Å². The Kier molecular flexibility index (Phi) is 4.67. The highest BCUT2D eigenvalue weighted by molar-refractivity contribution is 7.89. The second-order valence-corrected chi connectivity index (χ2v) is 6.64. The summed E-state index contributed by atoms with van der Waals surface area (Å²) in [4.78, 5) is 22.2. The molecule has 0 spiro atoms. The lowest BCUT2D eigenvalue weighted by Crippen LogP contribution is -2.40. The smallest absolute Gasteiger partial charge is 0.411 e. The van der Waals surface area contributed by atoms with Gasteiger partial charge < -0.3 is 9.84 Å². The maximum Gasteiger partial charge on any atom is 0.411 e. The fourth-order valence-electron chi connectivity index (χ4n) is 2.29. The first-order valence-corrected chi connectivity index (χ1v) is 8.00. The highest BCUT2D eigenvalue weighted by Crippen LogP contribution is 2.26. The van der Waals surface area contributed by atoms with Gasteiger partial charge in [-0.3, -0.25) is 10.1 Å². The van der Waals surface area contributed by atoms with Crippen LogP contribution in [0.25, 0.3) is 0 Å². The number of sulfonamides is 1. The molecule has 0 aromatic heterocycles. The Bertz CT molecular complexity index is 670. The van der Waals surface area contributed by atoms with E-state index < -0.39 is 28.1 Å². The third-order valence-corrected chi connectivity index (χ3v) is 5.30. The number of aliphatic carboxylic acids is 1. The number of methoxy groups -OCH3 is 1. The first-order valence-electron chi connectivity index (χ1n) is 6.56. The Morgan fingerprint density at radius 1 is 1.32 bits per heavy atom. The van der Waals surface area contributed by atoms with Crippen molar-refractivity contribution < 1.29 is 27.9 Å². The number of rotatable bonds is 4. The molecular weight excluding hydrogens is 312 g/mol. The van der Waals surface area contributed by atoms with Crippen molar-refractivity contribution in [3.63, 3.8) is 0 Å². The van der Waals surface area contributed by atoms with Gasteiger partial charge in [0, 0.05) is 12.2 Å². The number of anilines is 1. The number of nitrogens with zero attached hydrogens (tertiary/aromatic N) is 1. The van der Waals surface area contributed by atoms with E-state index in [1.54, 1.807) is 0 Å². The van der Waals surface area contributed by atoms with Gasteiger partial charge in [0.2, 0.25) is 10.0 Å². The van der Waals surface area contributed by atoms with Gasteiger partial charge in [-0.05, 0) is 37.1 Å². The maximum absolute atomic E-state index is 12.5. The molecule has 1 aliphatic heterocycles. The van der Waals surface area contributed by atoms with Gasteiger partial charge >= 0.3 is 12.1 Å². The SMILES string of the molecule is COC(=O)Nc1ccc(S(=O)(=O)N2CCC[C@H]2C(=O)O)cc1. The molecule has 1 amide bonds. The van der Waals surface area contributed by atoms with Crippen molar-refractivity contribution in [1.29, 1.82) is 0 Å². The van der Waals surface area contributed by atoms with Crippen LogP contribution >= 0.6 is 0 Å². The molecule has 0 saturated carbocycles. The predicted octanol–water partition coefficient (Wildman–Crippen LogP) is 1.10. The number of hydrogen-bond donors (Lipinski definition) is 2. The molecule has 1 saturated heterocycles. The van der Waals surface area contributed by atoms with Crippen LogP contribution in [0.5, 0.6) is 0 Å². The normalized spacial score (nSPS) is 18.9. The molecule has 1 aromatic carbocycles. The standard InChI is InChI=1S/C13H16N2O6S/c1-21-13(18)14-9-4-6-10(7-5-9)22(19,20)15-8-2-3-11(15)12(16)17/h4-7,11H,2-3,8H2,1H3,(H,14,18)(H,16,17)/t11-/m0/s1. The van der Waals surface area contributed by atoms with E-state index in [2.05, 4.69) is 10.1 Å². The summed E-state index contributed by atoms with van der Waals surface area (Å²) in [6.45, 7) is 0.182. The number of amides is 1. The van der Waals surface area contributed by atoms with Crippen molar-refractivity contribution in [2.75, 3.05) is 19.0 Å². The summed E-state index contributed by atoms with van der Waals surface area (Å²) in [5, 5.41) is 11.5. The number of nitrogens with one attached hydrogen (secondary N) is 1. The van der Waals surface area contributed by atoms with E-state index >= 15 is 0 Å².